The fourth-order valence-corrected chi connectivity index (χ4v) is 3.10. The minimum Gasteiger partial charge on any atom is -0.337 e. The summed E-state index contributed by atoms with van der Waals surface area (Å²) in [7, 11) is 0. The SMILES string of the molecule is CC(C)N(C(=O)C1CCc2ccccc21)C(C)C. The summed E-state index contributed by atoms with van der Waals surface area (Å²) in [6.07, 6.45) is 2.00. The Morgan fingerprint density at radius 3 is 2.39 bits per heavy atom. The van der Waals surface area contributed by atoms with Gasteiger partial charge in [0.15, 0.2) is 0 Å². The molecule has 98 valence electrons. The number of benzene rings is 1. The first-order valence-corrected chi connectivity index (χ1v) is 6.92. The molecule has 0 radical (unpaired) electrons. The Bertz CT molecular complexity index is 428. The van der Waals surface area contributed by atoms with Crippen LogP contribution in [0.15, 0.2) is 24.3 Å². The molecular weight excluding hydrogens is 222 g/mol. The molecule has 18 heavy (non-hydrogen) atoms. The maximum atomic E-state index is 12.7. The molecule has 1 aromatic rings. The van der Waals surface area contributed by atoms with Crippen LogP contribution in [-0.2, 0) is 11.2 Å². The Morgan fingerprint density at radius 1 is 1.17 bits per heavy atom. The molecule has 2 nitrogen and oxygen atoms in total. The second-order valence-corrected chi connectivity index (χ2v) is 5.72. The molecule has 0 fully saturated rings. The van der Waals surface area contributed by atoms with Crippen molar-refractivity contribution in [1.29, 1.82) is 0 Å². The summed E-state index contributed by atoms with van der Waals surface area (Å²) in [6.45, 7) is 8.38. The number of amides is 1. The third-order valence-corrected chi connectivity index (χ3v) is 3.80. The smallest absolute Gasteiger partial charge is 0.230 e. The fourth-order valence-electron chi connectivity index (χ4n) is 3.10. The van der Waals surface area contributed by atoms with Gasteiger partial charge in [0.25, 0.3) is 0 Å². The van der Waals surface area contributed by atoms with Gasteiger partial charge < -0.3 is 4.90 Å². The average molecular weight is 245 g/mol. The zero-order valence-corrected chi connectivity index (χ0v) is 11.8. The summed E-state index contributed by atoms with van der Waals surface area (Å²) >= 11 is 0. The van der Waals surface area contributed by atoms with E-state index in [0.29, 0.717) is 5.91 Å². The predicted octanol–water partition coefficient (Wildman–Crippen LogP) is 3.36. The van der Waals surface area contributed by atoms with Crippen molar-refractivity contribution in [2.75, 3.05) is 0 Å². The van der Waals surface area contributed by atoms with Gasteiger partial charge in [-0.1, -0.05) is 24.3 Å². The molecule has 2 heteroatoms. The first-order chi connectivity index (χ1) is 8.52. The van der Waals surface area contributed by atoms with Gasteiger partial charge >= 0.3 is 0 Å². The van der Waals surface area contributed by atoms with Gasteiger partial charge in [-0.15, -0.1) is 0 Å². The maximum Gasteiger partial charge on any atom is 0.230 e. The van der Waals surface area contributed by atoms with Gasteiger partial charge in [-0.25, -0.2) is 0 Å². The van der Waals surface area contributed by atoms with Gasteiger partial charge in [-0.2, -0.15) is 0 Å². The number of nitrogens with zero attached hydrogens (tertiary/aromatic N) is 1. The largest absolute Gasteiger partial charge is 0.337 e. The highest BCUT2D eigenvalue weighted by molar-refractivity contribution is 5.85. The van der Waals surface area contributed by atoms with Crippen molar-refractivity contribution in [3.8, 4) is 0 Å². The first-order valence-electron chi connectivity index (χ1n) is 6.92. The van der Waals surface area contributed by atoms with Crippen LogP contribution in [0, 0.1) is 0 Å². The lowest BCUT2D eigenvalue weighted by Crippen LogP contribution is -2.44. The Balaban J connectivity index is 2.25. The molecule has 0 heterocycles. The standard InChI is InChI=1S/C16H23NO/c1-11(2)17(12(3)4)16(18)15-10-9-13-7-5-6-8-14(13)15/h5-8,11-12,15H,9-10H2,1-4H3. The van der Waals surface area contributed by atoms with E-state index in [1.807, 2.05) is 11.0 Å². The Labute approximate surface area is 110 Å². The zero-order valence-electron chi connectivity index (χ0n) is 11.8. The number of carbonyl (C=O) groups excluding carboxylic acids is 1. The summed E-state index contributed by atoms with van der Waals surface area (Å²) in [5.41, 5.74) is 2.59. The molecule has 0 spiro atoms. The normalized spacial score (nSPS) is 18.2. The van der Waals surface area contributed by atoms with Crippen LogP contribution < -0.4 is 0 Å². The molecule has 0 aromatic heterocycles. The summed E-state index contributed by atoms with van der Waals surface area (Å²) in [6, 6.07) is 8.91. The molecule has 1 unspecified atom stereocenters. The Hall–Kier alpha value is -1.31. The van der Waals surface area contributed by atoms with Gasteiger partial charge in [-0.05, 0) is 51.7 Å². The van der Waals surface area contributed by atoms with Crippen LogP contribution in [-0.4, -0.2) is 22.9 Å². The van der Waals surface area contributed by atoms with Gasteiger partial charge in [0.05, 0.1) is 5.92 Å². The Kier molecular flexibility index (Phi) is 3.74. The molecule has 1 aliphatic rings. The minimum atomic E-state index is 0.0750. The number of fused-ring (bicyclic) bond motifs is 1. The van der Waals surface area contributed by atoms with Gasteiger partial charge in [-0.3, -0.25) is 4.79 Å². The average Bonchev–Trinajstić information content (AvgIpc) is 2.71. The second-order valence-electron chi connectivity index (χ2n) is 5.72. The van der Waals surface area contributed by atoms with E-state index in [0.717, 1.165) is 12.8 Å². The zero-order chi connectivity index (χ0) is 13.3. The van der Waals surface area contributed by atoms with E-state index >= 15 is 0 Å². The quantitative estimate of drug-likeness (QED) is 0.799. The van der Waals surface area contributed by atoms with E-state index in [4.69, 9.17) is 0 Å². The molecule has 0 bridgehead atoms. The van der Waals surface area contributed by atoms with Crippen molar-refractivity contribution < 1.29 is 4.79 Å². The second kappa shape index (κ2) is 5.13. The molecule has 0 saturated carbocycles. The van der Waals surface area contributed by atoms with Crippen molar-refractivity contribution in [2.24, 2.45) is 0 Å². The summed E-state index contributed by atoms with van der Waals surface area (Å²) in [5, 5.41) is 0. The molecular formula is C16H23NO. The van der Waals surface area contributed by atoms with E-state index in [1.54, 1.807) is 0 Å². The van der Waals surface area contributed by atoms with Crippen LogP contribution in [0.25, 0.3) is 0 Å². The third kappa shape index (κ3) is 2.29. The van der Waals surface area contributed by atoms with E-state index in [-0.39, 0.29) is 18.0 Å². The molecule has 0 saturated heterocycles. The fraction of sp³-hybridized carbons (Fsp3) is 0.562. The highest BCUT2D eigenvalue weighted by atomic mass is 16.2. The first kappa shape index (κ1) is 13.1. The maximum absolute atomic E-state index is 12.7. The van der Waals surface area contributed by atoms with Gasteiger partial charge in [0.2, 0.25) is 5.91 Å². The van der Waals surface area contributed by atoms with E-state index < -0.39 is 0 Å². The van der Waals surface area contributed by atoms with Crippen molar-refractivity contribution >= 4 is 5.91 Å². The van der Waals surface area contributed by atoms with Crippen LogP contribution in [0.5, 0.6) is 0 Å². The number of rotatable bonds is 3. The number of aryl methyl sites for hydroxylation is 1. The minimum absolute atomic E-state index is 0.0750. The highest BCUT2D eigenvalue weighted by Gasteiger charge is 2.33. The lowest BCUT2D eigenvalue weighted by atomic mass is 9.98. The van der Waals surface area contributed by atoms with Gasteiger partial charge in [0, 0.05) is 12.1 Å². The third-order valence-electron chi connectivity index (χ3n) is 3.80. The van der Waals surface area contributed by atoms with Crippen LogP contribution in [0.4, 0.5) is 0 Å². The van der Waals surface area contributed by atoms with E-state index in [9.17, 15) is 4.79 Å². The molecule has 1 aromatic carbocycles. The summed E-state index contributed by atoms with van der Waals surface area (Å²) in [4.78, 5) is 14.7. The lowest BCUT2D eigenvalue weighted by molar-refractivity contribution is -0.136. The topological polar surface area (TPSA) is 20.3 Å². The highest BCUT2D eigenvalue weighted by Crippen LogP contribution is 2.35. The number of hydrogen-bond donors (Lipinski definition) is 0. The lowest BCUT2D eigenvalue weighted by Gasteiger charge is -2.33. The van der Waals surface area contributed by atoms with Crippen molar-refractivity contribution in [1.82, 2.24) is 4.90 Å². The number of hydrogen-bond acceptors (Lipinski definition) is 1. The van der Waals surface area contributed by atoms with Crippen LogP contribution >= 0.6 is 0 Å². The van der Waals surface area contributed by atoms with E-state index in [2.05, 4.69) is 45.9 Å². The molecule has 0 aliphatic heterocycles. The molecule has 1 amide bonds. The molecule has 1 atom stereocenters. The summed E-state index contributed by atoms with van der Waals surface area (Å²) < 4.78 is 0. The van der Waals surface area contributed by atoms with Crippen molar-refractivity contribution in [2.45, 2.75) is 58.5 Å². The molecule has 1 aliphatic carbocycles. The predicted molar refractivity (Wildman–Crippen MR) is 74.6 cm³/mol. The van der Waals surface area contributed by atoms with Gasteiger partial charge in [0.1, 0.15) is 0 Å². The molecule has 0 N–H and O–H groups in total. The molecule has 2 rings (SSSR count). The van der Waals surface area contributed by atoms with E-state index in [1.165, 1.54) is 11.1 Å². The van der Waals surface area contributed by atoms with Crippen molar-refractivity contribution in [3.05, 3.63) is 35.4 Å². The van der Waals surface area contributed by atoms with Crippen LogP contribution in [0.2, 0.25) is 0 Å². The van der Waals surface area contributed by atoms with Crippen molar-refractivity contribution in [3.63, 3.8) is 0 Å². The monoisotopic (exact) mass is 245 g/mol. The Morgan fingerprint density at radius 2 is 1.78 bits per heavy atom. The summed E-state index contributed by atoms with van der Waals surface area (Å²) in [5.74, 6) is 0.371. The number of carbonyl (C=O) groups is 1. The van der Waals surface area contributed by atoms with Crippen LogP contribution in [0.3, 0.4) is 0 Å². The van der Waals surface area contributed by atoms with Crippen LogP contribution in [0.1, 0.15) is 51.2 Å².